The van der Waals surface area contributed by atoms with E-state index in [0.717, 1.165) is 11.1 Å². The fraction of sp³-hybridized carbons (Fsp3) is 0.200. The van der Waals surface area contributed by atoms with Gasteiger partial charge in [0.2, 0.25) is 0 Å². The number of amides is 2. The van der Waals surface area contributed by atoms with Crippen LogP contribution in [0.4, 0.5) is 10.1 Å². The predicted molar refractivity (Wildman–Crippen MR) is 118 cm³/mol. The van der Waals surface area contributed by atoms with Crippen molar-refractivity contribution in [3.63, 3.8) is 0 Å². The van der Waals surface area contributed by atoms with Crippen molar-refractivity contribution < 1.29 is 23.5 Å². The fourth-order valence-electron chi connectivity index (χ4n) is 3.55. The minimum atomic E-state index is -0.326. The maximum Gasteiger partial charge on any atom is 0.262 e. The van der Waals surface area contributed by atoms with Crippen LogP contribution in [0, 0.1) is 5.82 Å². The van der Waals surface area contributed by atoms with Crippen LogP contribution in [0.15, 0.2) is 72.8 Å². The molecule has 0 saturated heterocycles. The average molecular weight is 434 g/mol. The molecule has 32 heavy (non-hydrogen) atoms. The van der Waals surface area contributed by atoms with Crippen LogP contribution >= 0.6 is 0 Å². The van der Waals surface area contributed by atoms with Gasteiger partial charge in [-0.25, -0.2) is 4.39 Å². The molecule has 2 amide bonds. The number of rotatable bonds is 6. The molecule has 0 bridgehead atoms. The third-order valence-corrected chi connectivity index (χ3v) is 5.29. The van der Waals surface area contributed by atoms with Gasteiger partial charge >= 0.3 is 0 Å². The van der Waals surface area contributed by atoms with E-state index in [1.807, 2.05) is 25.1 Å². The van der Waals surface area contributed by atoms with Crippen molar-refractivity contribution >= 4 is 17.5 Å². The molecule has 6 nitrogen and oxygen atoms in total. The van der Waals surface area contributed by atoms with E-state index in [4.69, 9.17) is 9.47 Å². The molecule has 0 unspecified atom stereocenters. The average Bonchev–Trinajstić information content (AvgIpc) is 2.97. The molecule has 4 rings (SSSR count). The van der Waals surface area contributed by atoms with Gasteiger partial charge in [-0.15, -0.1) is 0 Å². The summed E-state index contributed by atoms with van der Waals surface area (Å²) in [5.41, 5.74) is 2.18. The highest BCUT2D eigenvalue weighted by molar-refractivity contribution is 5.92. The van der Waals surface area contributed by atoms with Gasteiger partial charge in [-0.05, 0) is 55.0 Å². The van der Waals surface area contributed by atoms with E-state index in [9.17, 15) is 14.0 Å². The first kappa shape index (κ1) is 21.4. The van der Waals surface area contributed by atoms with E-state index in [0.29, 0.717) is 23.7 Å². The Bertz CT molecular complexity index is 1100. The highest BCUT2D eigenvalue weighted by Crippen LogP contribution is 2.31. The van der Waals surface area contributed by atoms with E-state index in [2.05, 4.69) is 5.32 Å². The number of benzene rings is 3. The molecule has 1 aliphatic rings. The topological polar surface area (TPSA) is 67.9 Å². The Morgan fingerprint density at radius 1 is 1.12 bits per heavy atom. The highest BCUT2D eigenvalue weighted by Gasteiger charge is 2.27. The zero-order valence-corrected chi connectivity index (χ0v) is 17.6. The molecule has 164 valence electrons. The van der Waals surface area contributed by atoms with Crippen LogP contribution in [0.3, 0.4) is 0 Å². The van der Waals surface area contributed by atoms with E-state index < -0.39 is 0 Å². The second kappa shape index (κ2) is 9.51. The summed E-state index contributed by atoms with van der Waals surface area (Å²) in [5.74, 6) is 0.414. The Balaban J connectivity index is 1.46. The molecule has 0 fully saturated rings. The quantitative estimate of drug-likeness (QED) is 0.627. The maximum absolute atomic E-state index is 13.3. The lowest BCUT2D eigenvalue weighted by molar-refractivity contribution is -0.135. The van der Waals surface area contributed by atoms with Crippen LogP contribution in [-0.2, 0) is 16.1 Å². The molecule has 1 atom stereocenters. The minimum absolute atomic E-state index is 0.0881. The van der Waals surface area contributed by atoms with Crippen molar-refractivity contribution in [1.29, 1.82) is 0 Å². The van der Waals surface area contributed by atoms with Crippen molar-refractivity contribution in [2.45, 2.75) is 19.5 Å². The Morgan fingerprint density at radius 2 is 1.88 bits per heavy atom. The van der Waals surface area contributed by atoms with Crippen molar-refractivity contribution in [3.05, 3.63) is 89.7 Å². The Kier molecular flexibility index (Phi) is 6.35. The van der Waals surface area contributed by atoms with E-state index >= 15 is 0 Å². The van der Waals surface area contributed by atoms with Crippen LogP contribution in [0.2, 0.25) is 0 Å². The van der Waals surface area contributed by atoms with Gasteiger partial charge in [-0.3, -0.25) is 9.59 Å². The minimum Gasteiger partial charge on any atom is -0.484 e. The molecule has 0 aromatic heterocycles. The standard InChI is InChI=1S/C25H23FN2O4/c1-17(18-7-9-20(26)10-8-18)28-14-19-13-21(11-12-23(19)32-16-25(28)30)27-24(29)15-31-22-5-3-2-4-6-22/h2-13,17H,14-16H2,1H3,(H,27,29)/t17-/m0/s1. The van der Waals surface area contributed by atoms with Crippen LogP contribution in [0.25, 0.3) is 0 Å². The number of nitrogens with one attached hydrogen (secondary N) is 1. The monoisotopic (exact) mass is 434 g/mol. The lowest BCUT2D eigenvalue weighted by Crippen LogP contribution is -2.34. The first-order valence-corrected chi connectivity index (χ1v) is 10.3. The van der Waals surface area contributed by atoms with Crippen LogP contribution in [-0.4, -0.2) is 29.9 Å². The maximum atomic E-state index is 13.3. The number of ether oxygens (including phenoxy) is 2. The fourth-order valence-corrected chi connectivity index (χ4v) is 3.55. The lowest BCUT2D eigenvalue weighted by Gasteiger charge is -2.28. The number of fused-ring (bicyclic) bond motifs is 1. The van der Waals surface area contributed by atoms with Gasteiger partial charge in [0.1, 0.15) is 17.3 Å². The van der Waals surface area contributed by atoms with E-state index in [1.54, 1.807) is 47.4 Å². The first-order valence-electron chi connectivity index (χ1n) is 10.3. The zero-order chi connectivity index (χ0) is 22.5. The summed E-state index contributed by atoms with van der Waals surface area (Å²) in [7, 11) is 0. The second-order valence-corrected chi connectivity index (χ2v) is 7.51. The van der Waals surface area contributed by atoms with Crippen molar-refractivity contribution in [3.8, 4) is 11.5 Å². The molecule has 0 radical (unpaired) electrons. The number of nitrogens with zero attached hydrogens (tertiary/aromatic N) is 1. The second-order valence-electron chi connectivity index (χ2n) is 7.51. The zero-order valence-electron chi connectivity index (χ0n) is 17.6. The van der Waals surface area contributed by atoms with E-state index in [-0.39, 0.29) is 36.9 Å². The molecule has 0 saturated carbocycles. The molecule has 0 spiro atoms. The molecule has 7 heteroatoms. The molecular weight excluding hydrogens is 411 g/mol. The number of carbonyl (C=O) groups is 2. The Morgan fingerprint density at radius 3 is 2.62 bits per heavy atom. The Hall–Kier alpha value is -3.87. The SMILES string of the molecule is C[C@@H](c1ccc(F)cc1)N1Cc2cc(NC(=O)COc3ccccc3)ccc2OCC1=O. The van der Waals surface area contributed by atoms with Crippen LogP contribution < -0.4 is 14.8 Å². The summed E-state index contributed by atoms with van der Waals surface area (Å²) in [4.78, 5) is 26.7. The number of anilines is 1. The Labute approximate surface area is 185 Å². The number of hydrogen-bond donors (Lipinski definition) is 1. The molecule has 3 aromatic carbocycles. The van der Waals surface area contributed by atoms with Crippen molar-refractivity contribution in [2.24, 2.45) is 0 Å². The third-order valence-electron chi connectivity index (χ3n) is 5.29. The first-order chi connectivity index (χ1) is 15.5. The highest BCUT2D eigenvalue weighted by atomic mass is 19.1. The summed E-state index contributed by atoms with van der Waals surface area (Å²) < 4.78 is 24.4. The van der Waals surface area contributed by atoms with Gasteiger partial charge in [0.05, 0.1) is 12.6 Å². The number of para-hydroxylation sites is 1. The van der Waals surface area contributed by atoms with Gasteiger partial charge in [0.25, 0.3) is 11.8 Å². The molecular formula is C25H23FN2O4. The molecule has 1 aliphatic heterocycles. The largest absolute Gasteiger partial charge is 0.484 e. The molecule has 0 aliphatic carbocycles. The molecule has 3 aromatic rings. The summed E-state index contributed by atoms with van der Waals surface area (Å²) >= 11 is 0. The van der Waals surface area contributed by atoms with Crippen molar-refractivity contribution in [1.82, 2.24) is 4.90 Å². The molecule has 1 heterocycles. The van der Waals surface area contributed by atoms with Crippen LogP contribution in [0.5, 0.6) is 11.5 Å². The van der Waals surface area contributed by atoms with E-state index in [1.165, 1.54) is 12.1 Å². The lowest BCUT2D eigenvalue weighted by atomic mass is 10.1. The summed E-state index contributed by atoms with van der Waals surface area (Å²) in [6.45, 7) is 1.98. The van der Waals surface area contributed by atoms with Gasteiger partial charge in [0, 0.05) is 11.3 Å². The number of halogens is 1. The summed E-state index contributed by atoms with van der Waals surface area (Å²) in [5, 5.41) is 2.81. The van der Waals surface area contributed by atoms with Crippen molar-refractivity contribution in [2.75, 3.05) is 18.5 Å². The predicted octanol–water partition coefficient (Wildman–Crippen LogP) is 4.33. The number of hydrogen-bond acceptors (Lipinski definition) is 4. The summed E-state index contributed by atoms with van der Waals surface area (Å²) in [6.07, 6.45) is 0. The molecule has 1 N–H and O–H groups in total. The van der Waals surface area contributed by atoms with Gasteiger partial charge in [-0.1, -0.05) is 30.3 Å². The smallest absolute Gasteiger partial charge is 0.262 e. The normalized spacial score (nSPS) is 14.1. The van der Waals surface area contributed by atoms with Gasteiger partial charge in [-0.2, -0.15) is 0 Å². The summed E-state index contributed by atoms with van der Waals surface area (Å²) in [6, 6.07) is 20.2. The third kappa shape index (κ3) is 5.06. The number of carbonyl (C=O) groups excluding carboxylic acids is 2. The van der Waals surface area contributed by atoms with Gasteiger partial charge in [0.15, 0.2) is 13.2 Å². The van der Waals surface area contributed by atoms with Crippen LogP contribution in [0.1, 0.15) is 24.1 Å². The van der Waals surface area contributed by atoms with Gasteiger partial charge < -0.3 is 19.7 Å².